The molecule has 2 amide bonds. The number of amides is 2. The third-order valence-electron chi connectivity index (χ3n) is 1.35. The van der Waals surface area contributed by atoms with Crippen LogP contribution in [-0.4, -0.2) is 6.03 Å². The molecule has 0 unspecified atom stereocenters. The van der Waals surface area contributed by atoms with Gasteiger partial charge in [0.25, 0.3) is 0 Å². The lowest BCUT2D eigenvalue weighted by Crippen LogP contribution is -2.04. The molecule has 1 aromatic carbocycles. The third-order valence-corrected chi connectivity index (χ3v) is 1.51. The predicted molar refractivity (Wildman–Crippen MR) is 50.0 cm³/mol. The summed E-state index contributed by atoms with van der Waals surface area (Å²) in [6, 6.07) is 7.79. The van der Waals surface area contributed by atoms with E-state index in [9.17, 15) is 4.79 Å². The summed E-state index contributed by atoms with van der Waals surface area (Å²) >= 11 is 4.18. The van der Waals surface area contributed by atoms with E-state index < -0.39 is 6.03 Å². The highest BCUT2D eigenvalue weighted by Crippen LogP contribution is 2.08. The average molecular weight is 191 g/mol. The quantitative estimate of drug-likeness (QED) is 0.736. The van der Waals surface area contributed by atoms with Crippen LogP contribution in [-0.2, 0) is 12.4 Å². The molecule has 0 atom stereocenters. The molecule has 0 saturated carbocycles. The van der Waals surface area contributed by atoms with Gasteiger partial charge in [0.15, 0.2) is 0 Å². The molecular weight excluding hydrogens is 186 g/mol. The minimum Gasteiger partial charge on any atom is -0.305 e. The second-order valence-electron chi connectivity index (χ2n) is 2.21. The number of rotatable bonds is 1. The SMILES string of the molecule is N#Cc1ccc(NC(=O)N=S)cc1. The van der Waals surface area contributed by atoms with Gasteiger partial charge in [0.2, 0.25) is 0 Å². The van der Waals surface area contributed by atoms with Crippen LogP contribution in [0.3, 0.4) is 0 Å². The van der Waals surface area contributed by atoms with Crippen LogP contribution in [0.5, 0.6) is 0 Å². The Labute approximate surface area is 80.4 Å². The number of anilines is 1. The number of urea groups is 1. The standard InChI is InChI=1S/C8H5N3OS/c9-5-6-1-3-7(4-2-6)10-8(12)11-13/h1-4H,(H,10,12). The molecule has 5 heteroatoms. The number of carbonyl (C=O) groups is 1. The number of hydrogen-bond acceptors (Lipinski definition) is 3. The lowest BCUT2D eigenvalue weighted by atomic mass is 10.2. The second-order valence-corrected chi connectivity index (χ2v) is 2.39. The highest BCUT2D eigenvalue weighted by molar-refractivity contribution is 7.47. The van der Waals surface area contributed by atoms with Crippen molar-refractivity contribution in [2.75, 3.05) is 5.32 Å². The van der Waals surface area contributed by atoms with Gasteiger partial charge in [0.05, 0.1) is 11.6 Å². The molecule has 64 valence electrons. The first-order valence-corrected chi connectivity index (χ1v) is 3.77. The minimum atomic E-state index is -0.584. The summed E-state index contributed by atoms with van der Waals surface area (Å²) in [7, 11) is 0. The minimum absolute atomic E-state index is 0.535. The molecule has 1 aromatic rings. The van der Waals surface area contributed by atoms with Crippen LogP contribution >= 0.6 is 0 Å². The topological polar surface area (TPSA) is 65.2 Å². The van der Waals surface area contributed by atoms with E-state index in [0.717, 1.165) is 0 Å². The van der Waals surface area contributed by atoms with E-state index in [0.29, 0.717) is 11.3 Å². The third kappa shape index (κ3) is 2.61. The van der Waals surface area contributed by atoms with Crippen molar-refractivity contribution in [1.82, 2.24) is 0 Å². The Bertz CT molecular complexity index is 366. The molecule has 0 aliphatic carbocycles. The molecular formula is C8H5N3OS. The summed E-state index contributed by atoms with van der Waals surface area (Å²) in [4.78, 5) is 10.7. The Morgan fingerprint density at radius 3 is 2.54 bits per heavy atom. The Hall–Kier alpha value is -1.80. The zero-order chi connectivity index (χ0) is 9.68. The van der Waals surface area contributed by atoms with E-state index in [2.05, 4.69) is 22.1 Å². The molecule has 0 saturated heterocycles. The lowest BCUT2D eigenvalue weighted by molar-refractivity contribution is 0.260. The fourth-order valence-electron chi connectivity index (χ4n) is 0.774. The van der Waals surface area contributed by atoms with Gasteiger partial charge in [0.1, 0.15) is 0 Å². The van der Waals surface area contributed by atoms with Crippen molar-refractivity contribution in [3.8, 4) is 6.07 Å². The maximum absolute atomic E-state index is 10.7. The van der Waals surface area contributed by atoms with Crippen molar-refractivity contribution in [1.29, 1.82) is 5.26 Å². The molecule has 13 heavy (non-hydrogen) atoms. The van der Waals surface area contributed by atoms with E-state index in [-0.39, 0.29) is 0 Å². The van der Waals surface area contributed by atoms with Gasteiger partial charge in [-0.15, -0.1) is 4.36 Å². The second kappa shape index (κ2) is 4.28. The summed E-state index contributed by atoms with van der Waals surface area (Å²) < 4.78 is 2.99. The van der Waals surface area contributed by atoms with Crippen molar-refractivity contribution in [3.05, 3.63) is 29.8 Å². The Morgan fingerprint density at radius 2 is 2.08 bits per heavy atom. The molecule has 0 heterocycles. The molecule has 0 bridgehead atoms. The first-order chi connectivity index (χ1) is 6.26. The van der Waals surface area contributed by atoms with E-state index in [1.54, 1.807) is 24.3 Å². The Morgan fingerprint density at radius 1 is 1.46 bits per heavy atom. The number of benzene rings is 1. The molecule has 0 aromatic heterocycles. The zero-order valence-electron chi connectivity index (χ0n) is 6.52. The van der Waals surface area contributed by atoms with Gasteiger partial charge < -0.3 is 5.32 Å². The first-order valence-electron chi connectivity index (χ1n) is 3.41. The average Bonchev–Trinajstić information content (AvgIpc) is 2.19. The van der Waals surface area contributed by atoms with Crippen LogP contribution in [0.2, 0.25) is 0 Å². The zero-order valence-corrected chi connectivity index (χ0v) is 7.34. The van der Waals surface area contributed by atoms with Crippen molar-refractivity contribution >= 4 is 24.1 Å². The lowest BCUT2D eigenvalue weighted by Gasteiger charge is -1.98. The van der Waals surface area contributed by atoms with E-state index in [4.69, 9.17) is 5.26 Å². The number of nitriles is 1. The van der Waals surface area contributed by atoms with Crippen LogP contribution in [0.15, 0.2) is 28.6 Å². The van der Waals surface area contributed by atoms with Gasteiger partial charge >= 0.3 is 6.03 Å². The number of nitrogens with one attached hydrogen (secondary N) is 1. The largest absolute Gasteiger partial charge is 0.356 e. The van der Waals surface area contributed by atoms with Crippen LogP contribution in [0.1, 0.15) is 5.56 Å². The monoisotopic (exact) mass is 191 g/mol. The number of hydrogen-bond donors (Lipinski definition) is 1. The van der Waals surface area contributed by atoms with Gasteiger partial charge in [0, 0.05) is 18.1 Å². The number of nitrogens with zero attached hydrogens (tertiary/aromatic N) is 2. The summed E-state index contributed by atoms with van der Waals surface area (Å²) in [5.41, 5.74) is 1.10. The number of carbonyl (C=O) groups excluding carboxylic acids is 1. The van der Waals surface area contributed by atoms with Gasteiger partial charge in [-0.3, -0.25) is 0 Å². The Kier molecular flexibility index (Phi) is 3.06. The fraction of sp³-hybridized carbons (Fsp3) is 0. The smallest absolute Gasteiger partial charge is 0.305 e. The van der Waals surface area contributed by atoms with Gasteiger partial charge in [-0.25, -0.2) is 4.79 Å². The molecule has 0 aliphatic rings. The molecule has 0 radical (unpaired) electrons. The van der Waals surface area contributed by atoms with Crippen LogP contribution in [0.25, 0.3) is 0 Å². The van der Waals surface area contributed by atoms with Crippen LogP contribution in [0, 0.1) is 11.3 Å². The predicted octanol–water partition coefficient (Wildman–Crippen LogP) is 1.82. The van der Waals surface area contributed by atoms with Crippen molar-refractivity contribution in [2.24, 2.45) is 4.36 Å². The summed E-state index contributed by atoms with van der Waals surface area (Å²) in [6.07, 6.45) is 0. The molecule has 1 rings (SSSR count). The van der Waals surface area contributed by atoms with E-state index >= 15 is 0 Å². The van der Waals surface area contributed by atoms with Gasteiger partial charge in [-0.2, -0.15) is 5.26 Å². The molecule has 0 aliphatic heterocycles. The summed E-state index contributed by atoms with van der Waals surface area (Å²) in [5, 5.41) is 10.9. The normalized spacial score (nSPS) is 8.54. The van der Waals surface area contributed by atoms with Crippen molar-refractivity contribution in [3.63, 3.8) is 0 Å². The highest BCUT2D eigenvalue weighted by atomic mass is 32.1. The summed E-state index contributed by atoms with van der Waals surface area (Å²) in [6.45, 7) is 0. The van der Waals surface area contributed by atoms with Crippen LogP contribution < -0.4 is 5.32 Å². The molecule has 0 fully saturated rings. The van der Waals surface area contributed by atoms with E-state index in [1.165, 1.54) is 0 Å². The van der Waals surface area contributed by atoms with Gasteiger partial charge in [-0.1, -0.05) is 0 Å². The summed E-state index contributed by atoms with van der Waals surface area (Å²) in [5.74, 6) is 0. The van der Waals surface area contributed by atoms with Crippen molar-refractivity contribution in [2.45, 2.75) is 0 Å². The molecule has 4 nitrogen and oxygen atoms in total. The fourth-order valence-corrected chi connectivity index (χ4v) is 0.820. The maximum Gasteiger partial charge on any atom is 0.356 e. The highest BCUT2D eigenvalue weighted by Gasteiger charge is 1.97. The maximum atomic E-state index is 10.7. The van der Waals surface area contributed by atoms with E-state index in [1.807, 2.05) is 6.07 Å². The van der Waals surface area contributed by atoms with Crippen molar-refractivity contribution < 1.29 is 4.79 Å². The van der Waals surface area contributed by atoms with Gasteiger partial charge in [-0.05, 0) is 24.3 Å². The van der Waals surface area contributed by atoms with Crippen LogP contribution in [0.4, 0.5) is 10.5 Å². The first kappa shape index (κ1) is 9.29. The molecule has 1 N–H and O–H groups in total. The Balaban J connectivity index is 2.76. The molecule has 0 spiro atoms.